The Morgan fingerprint density at radius 3 is 2.29 bits per heavy atom. The van der Waals surface area contributed by atoms with Crippen LogP contribution in [0.15, 0.2) is 12.3 Å². The molecule has 2 saturated carbocycles. The first-order valence-corrected chi connectivity index (χ1v) is 21.8. The lowest BCUT2D eigenvalue weighted by molar-refractivity contribution is -0.299. The van der Waals surface area contributed by atoms with Crippen LogP contribution in [0.1, 0.15) is 102 Å². The first-order valence-electron chi connectivity index (χ1n) is 21.4. The van der Waals surface area contributed by atoms with Gasteiger partial charge in [-0.15, -0.1) is 0 Å². The molecule has 0 aromatic carbocycles. The van der Waals surface area contributed by atoms with Crippen LogP contribution in [-0.2, 0) is 35.2 Å². The van der Waals surface area contributed by atoms with Crippen LogP contribution in [0.2, 0.25) is 5.02 Å². The molecule has 2 aliphatic carbocycles. The third-order valence-corrected chi connectivity index (χ3v) is 12.8. The molecule has 20 heteroatoms. The van der Waals surface area contributed by atoms with Crippen LogP contribution in [0.5, 0.6) is 0 Å². The van der Waals surface area contributed by atoms with Gasteiger partial charge in [-0.3, -0.25) is 33.8 Å². The Balaban J connectivity index is 1.37. The van der Waals surface area contributed by atoms with Gasteiger partial charge in [0.1, 0.15) is 36.4 Å². The fourth-order valence-electron chi connectivity index (χ4n) is 8.82. The van der Waals surface area contributed by atoms with Crippen molar-refractivity contribution in [3.8, 4) is 0 Å². The topological polar surface area (TPSA) is 161 Å². The Morgan fingerprint density at radius 1 is 1.03 bits per heavy atom. The summed E-state index contributed by atoms with van der Waals surface area (Å²) in [5.74, 6) is -9.60. The Labute approximate surface area is 362 Å². The monoisotopic (exact) mass is 905 g/mol. The van der Waals surface area contributed by atoms with Gasteiger partial charge in [0.25, 0.3) is 5.92 Å². The van der Waals surface area contributed by atoms with Crippen molar-refractivity contribution in [2.24, 2.45) is 17.3 Å². The van der Waals surface area contributed by atoms with Gasteiger partial charge < -0.3 is 30.7 Å². The molecular formula is C42H58ClF6N7O6. The number of aromatic nitrogens is 1. The molecule has 2 saturated heterocycles. The summed E-state index contributed by atoms with van der Waals surface area (Å²) in [6.45, 7) is 4.92. The Hall–Kier alpha value is -4.16. The van der Waals surface area contributed by atoms with Crippen molar-refractivity contribution in [2.45, 2.75) is 153 Å². The van der Waals surface area contributed by atoms with E-state index in [2.05, 4.69) is 20.9 Å². The highest BCUT2D eigenvalue weighted by atomic mass is 35.5. The summed E-state index contributed by atoms with van der Waals surface area (Å²) in [6, 6.07) is -4.73. The number of carbonyl (C=O) groups is 6. The van der Waals surface area contributed by atoms with E-state index in [0.717, 1.165) is 17.7 Å². The molecule has 4 aliphatic rings. The normalized spacial score (nSPS) is 26.9. The molecule has 0 radical (unpaired) electrons. The Kier molecular flexibility index (Phi) is 15.5. The fourth-order valence-corrected chi connectivity index (χ4v) is 9.00. The summed E-state index contributed by atoms with van der Waals surface area (Å²) < 4.78 is 84.9. The number of rotatable bonds is 10. The number of likely N-dealkylation sites (N-methyl/N-ethyl adjacent to an activating group) is 2. The lowest BCUT2D eigenvalue weighted by Crippen LogP contribution is -2.65. The highest BCUT2D eigenvalue weighted by Crippen LogP contribution is 2.61. The summed E-state index contributed by atoms with van der Waals surface area (Å²) in [5.41, 5.74) is -2.21. The number of hydrogen-bond donors (Lipinski definition) is 3. The third kappa shape index (κ3) is 11.3. The molecule has 13 nitrogen and oxygen atoms in total. The molecule has 1 aromatic rings. The van der Waals surface area contributed by atoms with Crippen molar-refractivity contribution >= 4 is 47.0 Å². The van der Waals surface area contributed by atoms with E-state index in [1.807, 2.05) is 13.8 Å². The molecule has 1 aromatic heterocycles. The second-order valence-electron chi connectivity index (χ2n) is 18.0. The van der Waals surface area contributed by atoms with Crippen LogP contribution in [-0.4, -0.2) is 131 Å². The summed E-state index contributed by atoms with van der Waals surface area (Å²) >= 11 is 6.24. The van der Waals surface area contributed by atoms with Crippen LogP contribution in [0.3, 0.4) is 0 Å². The van der Waals surface area contributed by atoms with Crippen LogP contribution in [0.25, 0.3) is 0 Å². The van der Waals surface area contributed by atoms with Gasteiger partial charge in [0, 0.05) is 58.2 Å². The maximum atomic E-state index is 14.8. The van der Waals surface area contributed by atoms with E-state index >= 15 is 0 Å². The maximum absolute atomic E-state index is 14.8. The van der Waals surface area contributed by atoms with Crippen molar-refractivity contribution < 1.29 is 55.1 Å². The molecule has 3 heterocycles. The van der Waals surface area contributed by atoms with Crippen LogP contribution in [0.4, 0.5) is 26.3 Å². The number of amides is 6. The Bertz CT molecular complexity index is 1840. The number of aryl methyl sites for hydroxylation is 1. The Morgan fingerprint density at radius 2 is 1.68 bits per heavy atom. The minimum absolute atomic E-state index is 0.0852. The molecule has 62 heavy (non-hydrogen) atoms. The minimum Gasteiger partial charge on any atom is -0.354 e. The minimum atomic E-state index is -5.39. The average Bonchev–Trinajstić information content (AvgIpc) is 3.95. The van der Waals surface area contributed by atoms with Gasteiger partial charge in [-0.2, -0.15) is 13.2 Å². The number of nitrogens with zero attached hydrogens (tertiary/aromatic N) is 4. The van der Waals surface area contributed by atoms with Crippen LogP contribution >= 0.6 is 11.6 Å². The molecule has 2 aliphatic heterocycles. The van der Waals surface area contributed by atoms with Crippen molar-refractivity contribution in [2.75, 3.05) is 27.2 Å². The second kappa shape index (κ2) is 19.7. The molecule has 0 bridgehead atoms. The van der Waals surface area contributed by atoms with Gasteiger partial charge in [0.15, 0.2) is 5.41 Å². The van der Waals surface area contributed by atoms with Crippen LogP contribution < -0.4 is 16.0 Å². The lowest BCUT2D eigenvalue weighted by Gasteiger charge is -2.48. The molecule has 4 fully saturated rings. The summed E-state index contributed by atoms with van der Waals surface area (Å²) in [6.07, 6.45) is -5.57. The number of alkyl halides is 6. The number of nitrogens with one attached hydrogen (secondary N) is 3. The van der Waals surface area contributed by atoms with Gasteiger partial charge in [-0.1, -0.05) is 51.1 Å². The molecule has 3 N–H and O–H groups in total. The molecular weight excluding hydrogens is 848 g/mol. The highest BCUT2D eigenvalue weighted by Gasteiger charge is 2.75. The number of likely N-dealkylation sites (tertiary alicyclic amines) is 1. The molecule has 346 valence electrons. The summed E-state index contributed by atoms with van der Waals surface area (Å²) in [7, 11) is 2.85. The molecule has 0 unspecified atom stereocenters. The predicted octanol–water partition coefficient (Wildman–Crippen LogP) is 5.05. The van der Waals surface area contributed by atoms with Gasteiger partial charge in [0.2, 0.25) is 35.4 Å². The largest absolute Gasteiger partial charge is 0.403 e. The molecule has 6 amide bonds. The SMILES string of the molecule is Cc1ncc(Cl)cc1C[C@H]1C(=O)NCCCCCCC[C@H](N(C)C(=O)[C@@H](NC(=O)[C@@H]2C[C@@H](F)CN2C(=O)C2(C(F)(F)F)CC(F)(F)C2)C2CC2)C(=O)N[C@@H](CC(C)C)C(=O)N1C. The third-order valence-electron chi connectivity index (χ3n) is 12.6. The number of carbonyl (C=O) groups excluding carboxylic acids is 6. The van der Waals surface area contributed by atoms with Crippen molar-refractivity contribution in [3.05, 3.63) is 28.5 Å². The lowest BCUT2D eigenvalue weighted by atomic mass is 9.64. The molecule has 5 rings (SSSR count). The predicted molar refractivity (Wildman–Crippen MR) is 215 cm³/mol. The van der Waals surface area contributed by atoms with E-state index in [1.165, 1.54) is 25.2 Å². The molecule has 6 atom stereocenters. The fraction of sp³-hybridized carbons (Fsp3) is 0.738. The van der Waals surface area contributed by atoms with E-state index in [0.29, 0.717) is 59.8 Å². The first kappa shape index (κ1) is 48.9. The smallest absolute Gasteiger partial charge is 0.354 e. The zero-order valence-corrected chi connectivity index (χ0v) is 36.5. The summed E-state index contributed by atoms with van der Waals surface area (Å²) in [4.78, 5) is 91.0. The van der Waals surface area contributed by atoms with E-state index in [4.69, 9.17) is 11.6 Å². The maximum Gasteiger partial charge on any atom is 0.403 e. The highest BCUT2D eigenvalue weighted by molar-refractivity contribution is 6.30. The van der Waals surface area contributed by atoms with Gasteiger partial charge in [-0.25, -0.2) is 13.2 Å². The van der Waals surface area contributed by atoms with E-state index in [-0.39, 0.29) is 25.2 Å². The van der Waals surface area contributed by atoms with Crippen molar-refractivity contribution in [1.82, 2.24) is 35.6 Å². The van der Waals surface area contributed by atoms with Crippen molar-refractivity contribution in [3.63, 3.8) is 0 Å². The van der Waals surface area contributed by atoms with E-state index in [9.17, 15) is 55.1 Å². The zero-order valence-electron chi connectivity index (χ0n) is 35.8. The average molecular weight is 906 g/mol. The second-order valence-corrected chi connectivity index (χ2v) is 18.4. The van der Waals surface area contributed by atoms with E-state index in [1.54, 1.807) is 13.0 Å². The number of hydrogen-bond acceptors (Lipinski definition) is 7. The van der Waals surface area contributed by atoms with Gasteiger partial charge >= 0.3 is 6.18 Å². The first-order chi connectivity index (χ1) is 29.0. The molecule has 0 spiro atoms. The zero-order chi connectivity index (χ0) is 45.9. The summed E-state index contributed by atoms with van der Waals surface area (Å²) in [5, 5.41) is 8.67. The van der Waals surface area contributed by atoms with Gasteiger partial charge in [-0.05, 0) is 62.5 Å². The van der Waals surface area contributed by atoms with Crippen molar-refractivity contribution in [1.29, 1.82) is 0 Å². The van der Waals surface area contributed by atoms with Gasteiger partial charge in [0.05, 0.1) is 11.6 Å². The number of halogens is 7. The quantitative estimate of drug-likeness (QED) is 0.277. The van der Waals surface area contributed by atoms with E-state index < -0.39 is 121 Å². The standard InChI is InChI=1S/C42H58ClF6N7O6/c1-23(2)15-29-37(60)55(5)31(17-26-16-27(43)19-51-24(26)3)34(57)50-14-10-8-6-7-9-11-30(35(58)52-29)54(4)38(61)33(25-12-13-25)53-36(59)32-18-28(44)20-56(32)39(62)40(42(47,48)49)21-41(45,46)22-40/h16,19,23,25,28-33H,6-15,17-18,20-22H2,1-5H3,(H,50,57)(H,52,58)(H,53,59)/t28-,29+,30+,31+,32+,33+/m1/s1. The van der Waals surface area contributed by atoms with Crippen LogP contribution in [0, 0.1) is 24.2 Å². The number of pyridine rings is 1.